The van der Waals surface area contributed by atoms with Gasteiger partial charge in [-0.05, 0) is 12.1 Å². The minimum absolute atomic E-state index is 0.0620. The molecule has 0 aromatic carbocycles. The molecule has 1 heterocycles. The van der Waals surface area contributed by atoms with E-state index in [2.05, 4.69) is 9.72 Å². The first-order chi connectivity index (χ1) is 6.24. The Morgan fingerprint density at radius 2 is 2.46 bits per heavy atom. The van der Waals surface area contributed by atoms with Crippen molar-refractivity contribution in [3.63, 3.8) is 0 Å². The van der Waals surface area contributed by atoms with Crippen LogP contribution < -0.4 is 0 Å². The lowest BCUT2D eigenvalue weighted by atomic mass is 10.2. The maximum absolute atomic E-state index is 10.8. The van der Waals surface area contributed by atoms with Gasteiger partial charge >= 0.3 is 5.97 Å². The van der Waals surface area contributed by atoms with Gasteiger partial charge in [0.15, 0.2) is 0 Å². The van der Waals surface area contributed by atoms with E-state index < -0.39 is 12.1 Å². The van der Waals surface area contributed by atoms with E-state index >= 15 is 0 Å². The van der Waals surface area contributed by atoms with Crippen LogP contribution in [0.5, 0.6) is 0 Å². The first-order valence-electron chi connectivity index (χ1n) is 3.90. The van der Waals surface area contributed by atoms with Crippen molar-refractivity contribution in [2.45, 2.75) is 12.5 Å². The second kappa shape index (κ2) is 4.57. The minimum atomic E-state index is -0.881. The molecule has 0 saturated carbocycles. The van der Waals surface area contributed by atoms with Crippen molar-refractivity contribution < 1.29 is 14.6 Å². The van der Waals surface area contributed by atoms with E-state index in [0.29, 0.717) is 5.69 Å². The molecule has 0 radical (unpaired) electrons. The van der Waals surface area contributed by atoms with E-state index in [1.54, 1.807) is 24.4 Å². The number of aliphatic hydroxyl groups excluding tert-OH is 1. The summed E-state index contributed by atoms with van der Waals surface area (Å²) < 4.78 is 4.42. The monoisotopic (exact) mass is 181 g/mol. The van der Waals surface area contributed by atoms with Gasteiger partial charge in [-0.1, -0.05) is 6.07 Å². The predicted molar refractivity (Wildman–Crippen MR) is 45.8 cm³/mol. The zero-order valence-corrected chi connectivity index (χ0v) is 7.30. The molecule has 4 nitrogen and oxygen atoms in total. The first kappa shape index (κ1) is 9.67. The van der Waals surface area contributed by atoms with Gasteiger partial charge in [-0.25, -0.2) is 0 Å². The highest BCUT2D eigenvalue weighted by atomic mass is 16.5. The number of nitrogens with zero attached hydrogens (tertiary/aromatic N) is 1. The Kier molecular flexibility index (Phi) is 3.40. The topological polar surface area (TPSA) is 59.4 Å². The Labute approximate surface area is 76.2 Å². The van der Waals surface area contributed by atoms with Gasteiger partial charge in [-0.2, -0.15) is 0 Å². The first-order valence-corrected chi connectivity index (χ1v) is 3.90. The number of ether oxygens (including phenoxy) is 1. The molecule has 13 heavy (non-hydrogen) atoms. The van der Waals surface area contributed by atoms with Crippen LogP contribution in [-0.4, -0.2) is 23.2 Å². The SMILES string of the molecule is COC(=O)CC(O)c1ccccn1. The van der Waals surface area contributed by atoms with Gasteiger partial charge in [0.1, 0.15) is 6.10 Å². The number of pyridine rings is 1. The van der Waals surface area contributed by atoms with Gasteiger partial charge < -0.3 is 9.84 Å². The number of carbonyl (C=O) groups is 1. The number of aromatic nitrogens is 1. The quantitative estimate of drug-likeness (QED) is 0.696. The smallest absolute Gasteiger partial charge is 0.308 e. The zero-order valence-electron chi connectivity index (χ0n) is 7.30. The zero-order chi connectivity index (χ0) is 9.68. The molecule has 1 unspecified atom stereocenters. The van der Waals surface area contributed by atoms with E-state index in [4.69, 9.17) is 0 Å². The molecule has 1 N–H and O–H groups in total. The molecule has 0 aliphatic heterocycles. The third kappa shape index (κ3) is 2.83. The van der Waals surface area contributed by atoms with Crippen LogP contribution in [0.1, 0.15) is 18.2 Å². The summed E-state index contributed by atoms with van der Waals surface area (Å²) in [4.78, 5) is 14.7. The number of hydrogen-bond donors (Lipinski definition) is 1. The lowest BCUT2D eigenvalue weighted by Gasteiger charge is -2.07. The van der Waals surface area contributed by atoms with Crippen LogP contribution in [0.2, 0.25) is 0 Å². The summed E-state index contributed by atoms with van der Waals surface area (Å²) in [5.74, 6) is -0.446. The van der Waals surface area contributed by atoms with Gasteiger partial charge in [0.05, 0.1) is 19.2 Å². The van der Waals surface area contributed by atoms with Crippen molar-refractivity contribution in [3.8, 4) is 0 Å². The number of rotatable bonds is 3. The van der Waals surface area contributed by atoms with Crippen molar-refractivity contribution in [1.29, 1.82) is 0 Å². The summed E-state index contributed by atoms with van der Waals surface area (Å²) in [7, 11) is 1.29. The standard InChI is InChI=1S/C9H11NO3/c1-13-9(12)6-8(11)7-4-2-3-5-10-7/h2-5,8,11H,6H2,1H3. The molecule has 1 aromatic rings. The van der Waals surface area contributed by atoms with E-state index in [0.717, 1.165) is 0 Å². The van der Waals surface area contributed by atoms with Crippen molar-refractivity contribution >= 4 is 5.97 Å². The van der Waals surface area contributed by atoms with Gasteiger partial charge in [0.2, 0.25) is 0 Å². The lowest BCUT2D eigenvalue weighted by molar-refractivity contribution is -0.142. The van der Waals surface area contributed by atoms with Gasteiger partial charge in [0, 0.05) is 6.20 Å². The molecule has 0 amide bonds. The number of hydrogen-bond acceptors (Lipinski definition) is 4. The van der Waals surface area contributed by atoms with Crippen LogP contribution >= 0.6 is 0 Å². The Hall–Kier alpha value is -1.42. The molecule has 1 rings (SSSR count). The van der Waals surface area contributed by atoms with Crippen LogP contribution in [0.15, 0.2) is 24.4 Å². The maximum atomic E-state index is 10.8. The van der Waals surface area contributed by atoms with Crippen molar-refractivity contribution in [3.05, 3.63) is 30.1 Å². The summed E-state index contributed by atoms with van der Waals surface area (Å²) in [5.41, 5.74) is 0.480. The van der Waals surface area contributed by atoms with E-state index in [-0.39, 0.29) is 6.42 Å². The fraction of sp³-hybridized carbons (Fsp3) is 0.333. The Morgan fingerprint density at radius 1 is 1.69 bits per heavy atom. The van der Waals surface area contributed by atoms with Gasteiger partial charge in [-0.15, -0.1) is 0 Å². The Morgan fingerprint density at radius 3 is 3.00 bits per heavy atom. The van der Waals surface area contributed by atoms with E-state index in [1.807, 2.05) is 0 Å². The van der Waals surface area contributed by atoms with Crippen LogP contribution in [0.3, 0.4) is 0 Å². The van der Waals surface area contributed by atoms with Crippen LogP contribution in [0.25, 0.3) is 0 Å². The molecule has 0 aliphatic carbocycles. The number of methoxy groups -OCH3 is 1. The van der Waals surface area contributed by atoms with Crippen molar-refractivity contribution in [2.24, 2.45) is 0 Å². The number of carbonyl (C=O) groups excluding carboxylic acids is 1. The lowest BCUT2D eigenvalue weighted by Crippen LogP contribution is -2.08. The molecule has 0 aliphatic rings. The highest BCUT2D eigenvalue weighted by Crippen LogP contribution is 2.13. The van der Waals surface area contributed by atoms with E-state index in [1.165, 1.54) is 7.11 Å². The van der Waals surface area contributed by atoms with E-state index in [9.17, 15) is 9.90 Å². The highest BCUT2D eigenvalue weighted by Gasteiger charge is 2.13. The molecular weight excluding hydrogens is 170 g/mol. The van der Waals surface area contributed by atoms with Crippen LogP contribution in [-0.2, 0) is 9.53 Å². The van der Waals surface area contributed by atoms with Gasteiger partial charge in [0.25, 0.3) is 0 Å². The van der Waals surface area contributed by atoms with Gasteiger partial charge in [-0.3, -0.25) is 9.78 Å². The summed E-state index contributed by atoms with van der Waals surface area (Å²) in [6.45, 7) is 0. The molecule has 0 bridgehead atoms. The number of esters is 1. The number of aliphatic hydroxyl groups is 1. The molecule has 70 valence electrons. The Bertz CT molecular complexity index is 273. The molecule has 1 aromatic heterocycles. The van der Waals surface area contributed by atoms with Crippen molar-refractivity contribution in [1.82, 2.24) is 4.98 Å². The average Bonchev–Trinajstić information content (AvgIpc) is 2.19. The molecule has 0 saturated heterocycles. The van der Waals surface area contributed by atoms with Crippen LogP contribution in [0.4, 0.5) is 0 Å². The average molecular weight is 181 g/mol. The van der Waals surface area contributed by atoms with Crippen molar-refractivity contribution in [2.75, 3.05) is 7.11 Å². The fourth-order valence-electron chi connectivity index (χ4n) is 0.919. The third-order valence-corrected chi connectivity index (χ3v) is 1.62. The summed E-state index contributed by atoms with van der Waals surface area (Å²) in [6.07, 6.45) is 0.622. The predicted octanol–water partition coefficient (Wildman–Crippen LogP) is 0.678. The summed E-state index contributed by atoms with van der Waals surface area (Å²) in [6, 6.07) is 5.16. The third-order valence-electron chi connectivity index (χ3n) is 1.62. The Balaban J connectivity index is 2.59. The minimum Gasteiger partial charge on any atom is -0.469 e. The largest absolute Gasteiger partial charge is 0.469 e. The second-order valence-electron chi connectivity index (χ2n) is 2.55. The van der Waals surface area contributed by atoms with Crippen LogP contribution in [0, 0.1) is 0 Å². The maximum Gasteiger partial charge on any atom is 0.308 e. The highest BCUT2D eigenvalue weighted by molar-refractivity contribution is 5.69. The molecular formula is C9H11NO3. The molecule has 0 spiro atoms. The fourth-order valence-corrected chi connectivity index (χ4v) is 0.919. The molecule has 1 atom stereocenters. The summed E-state index contributed by atoms with van der Waals surface area (Å²) >= 11 is 0. The summed E-state index contributed by atoms with van der Waals surface area (Å²) in [5, 5.41) is 9.46. The second-order valence-corrected chi connectivity index (χ2v) is 2.55. The normalized spacial score (nSPS) is 12.2. The molecule has 4 heteroatoms. The molecule has 0 fully saturated rings.